The molecule has 0 aliphatic carbocycles. The average Bonchev–Trinajstić information content (AvgIpc) is 2.26. The van der Waals surface area contributed by atoms with E-state index in [0.29, 0.717) is 10.2 Å². The summed E-state index contributed by atoms with van der Waals surface area (Å²) >= 11 is 3.04. The summed E-state index contributed by atoms with van der Waals surface area (Å²) < 4.78 is 43.1. The predicted octanol–water partition coefficient (Wildman–Crippen LogP) is 4.22. The Hall–Kier alpha value is -1.24. The Labute approximate surface area is 123 Å². The minimum Gasteiger partial charge on any atom is -0.466 e. The lowest BCUT2D eigenvalue weighted by molar-refractivity contribution is -0.143. The van der Waals surface area contributed by atoms with E-state index in [2.05, 4.69) is 21.2 Å². The van der Waals surface area contributed by atoms with E-state index < -0.39 is 17.7 Å². The Bertz CT molecular complexity index is 477. The standard InChI is InChI=1S/C13H15BrF3NO2/c1-3-20-12(19)4-8(2)18-11-6-9(13(15,16)17)5-10(14)7-11/h5-8,18H,3-4H2,1-2H3. The molecule has 7 heteroatoms. The Balaban J connectivity index is 2.77. The third-order valence-electron chi connectivity index (χ3n) is 2.42. The van der Waals surface area contributed by atoms with Gasteiger partial charge >= 0.3 is 12.1 Å². The lowest BCUT2D eigenvalue weighted by Crippen LogP contribution is -2.21. The van der Waals surface area contributed by atoms with Crippen LogP contribution in [0.1, 0.15) is 25.8 Å². The first-order chi connectivity index (χ1) is 9.22. The van der Waals surface area contributed by atoms with E-state index in [1.54, 1.807) is 13.8 Å². The van der Waals surface area contributed by atoms with Gasteiger partial charge in [-0.1, -0.05) is 15.9 Å². The molecule has 0 aliphatic heterocycles. The number of hydrogen-bond acceptors (Lipinski definition) is 3. The number of esters is 1. The monoisotopic (exact) mass is 353 g/mol. The fourth-order valence-electron chi connectivity index (χ4n) is 1.64. The highest BCUT2D eigenvalue weighted by Gasteiger charge is 2.31. The van der Waals surface area contributed by atoms with Crippen molar-refractivity contribution in [2.45, 2.75) is 32.5 Å². The normalized spacial score (nSPS) is 12.9. The highest BCUT2D eigenvalue weighted by molar-refractivity contribution is 9.10. The number of carbonyl (C=O) groups is 1. The number of carbonyl (C=O) groups excluding carboxylic acids is 1. The highest BCUT2D eigenvalue weighted by atomic mass is 79.9. The van der Waals surface area contributed by atoms with Gasteiger partial charge in [-0.3, -0.25) is 4.79 Å². The summed E-state index contributed by atoms with van der Waals surface area (Å²) in [6.07, 6.45) is -4.33. The van der Waals surface area contributed by atoms with Crippen LogP contribution in [0, 0.1) is 0 Å². The quantitative estimate of drug-likeness (QED) is 0.805. The van der Waals surface area contributed by atoms with E-state index in [1.165, 1.54) is 6.07 Å². The number of rotatable bonds is 5. The zero-order valence-electron chi connectivity index (χ0n) is 11.1. The molecular formula is C13H15BrF3NO2. The van der Waals surface area contributed by atoms with Crippen LogP contribution in [0.15, 0.2) is 22.7 Å². The molecule has 0 saturated heterocycles. The molecule has 0 fully saturated rings. The SMILES string of the molecule is CCOC(=O)CC(C)Nc1cc(Br)cc(C(F)(F)F)c1. The van der Waals surface area contributed by atoms with Crippen LogP contribution in [0.5, 0.6) is 0 Å². The molecule has 20 heavy (non-hydrogen) atoms. The van der Waals surface area contributed by atoms with E-state index in [4.69, 9.17) is 4.74 Å². The van der Waals surface area contributed by atoms with Crippen LogP contribution in [0.25, 0.3) is 0 Å². The molecule has 0 bridgehead atoms. The second-order valence-corrected chi connectivity index (χ2v) is 5.20. The minimum atomic E-state index is -4.41. The van der Waals surface area contributed by atoms with Crippen LogP contribution >= 0.6 is 15.9 Å². The molecule has 0 amide bonds. The Morgan fingerprint density at radius 2 is 2.05 bits per heavy atom. The molecular weight excluding hydrogens is 339 g/mol. The first kappa shape index (κ1) is 16.8. The maximum atomic E-state index is 12.7. The first-order valence-corrected chi connectivity index (χ1v) is 6.81. The fraction of sp³-hybridized carbons (Fsp3) is 0.462. The van der Waals surface area contributed by atoms with Crippen molar-refractivity contribution in [3.63, 3.8) is 0 Å². The van der Waals surface area contributed by atoms with E-state index in [-0.39, 0.29) is 19.1 Å². The van der Waals surface area contributed by atoms with Crippen LogP contribution in [0.4, 0.5) is 18.9 Å². The third kappa shape index (κ3) is 5.40. The topological polar surface area (TPSA) is 38.3 Å². The molecule has 0 heterocycles. The van der Waals surface area contributed by atoms with Gasteiger partial charge in [0.2, 0.25) is 0 Å². The van der Waals surface area contributed by atoms with Gasteiger partial charge in [-0.25, -0.2) is 0 Å². The molecule has 0 radical (unpaired) electrons. The van der Waals surface area contributed by atoms with Crippen molar-refractivity contribution in [1.82, 2.24) is 0 Å². The molecule has 1 atom stereocenters. The zero-order valence-corrected chi connectivity index (χ0v) is 12.6. The van der Waals surface area contributed by atoms with Crippen LogP contribution in [0.2, 0.25) is 0 Å². The lowest BCUT2D eigenvalue weighted by Gasteiger charge is -2.16. The van der Waals surface area contributed by atoms with Crippen molar-refractivity contribution in [1.29, 1.82) is 0 Å². The zero-order chi connectivity index (χ0) is 15.3. The summed E-state index contributed by atoms with van der Waals surface area (Å²) in [5.41, 5.74) is -0.457. The maximum absolute atomic E-state index is 12.7. The van der Waals surface area contributed by atoms with Crippen molar-refractivity contribution < 1.29 is 22.7 Å². The number of alkyl halides is 3. The van der Waals surface area contributed by atoms with Gasteiger partial charge in [0, 0.05) is 16.2 Å². The number of ether oxygens (including phenoxy) is 1. The Kier molecular flexibility index (Phi) is 5.86. The number of halogens is 4. The van der Waals surface area contributed by atoms with Crippen molar-refractivity contribution in [2.75, 3.05) is 11.9 Å². The van der Waals surface area contributed by atoms with Crippen molar-refractivity contribution in [2.24, 2.45) is 0 Å². The van der Waals surface area contributed by atoms with Gasteiger partial charge in [-0.2, -0.15) is 13.2 Å². The van der Waals surface area contributed by atoms with Crippen LogP contribution in [-0.2, 0) is 15.7 Å². The lowest BCUT2D eigenvalue weighted by atomic mass is 10.1. The van der Waals surface area contributed by atoms with E-state index in [0.717, 1.165) is 12.1 Å². The summed E-state index contributed by atoms with van der Waals surface area (Å²) in [6, 6.07) is 3.20. The summed E-state index contributed by atoms with van der Waals surface area (Å²) in [7, 11) is 0. The predicted molar refractivity (Wildman–Crippen MR) is 73.5 cm³/mol. The van der Waals surface area contributed by atoms with Gasteiger partial charge in [0.15, 0.2) is 0 Å². The molecule has 0 saturated carbocycles. The summed E-state index contributed by atoms with van der Waals surface area (Å²) in [6.45, 7) is 3.67. The van der Waals surface area contributed by atoms with Crippen molar-refractivity contribution in [3.05, 3.63) is 28.2 Å². The maximum Gasteiger partial charge on any atom is 0.416 e. The number of hydrogen-bond donors (Lipinski definition) is 1. The number of nitrogens with one attached hydrogen (secondary N) is 1. The van der Waals surface area contributed by atoms with Crippen molar-refractivity contribution in [3.8, 4) is 0 Å². The first-order valence-electron chi connectivity index (χ1n) is 6.02. The minimum absolute atomic E-state index is 0.0850. The highest BCUT2D eigenvalue weighted by Crippen LogP contribution is 2.33. The van der Waals surface area contributed by atoms with Gasteiger partial charge in [-0.05, 0) is 32.0 Å². The molecule has 0 spiro atoms. The summed E-state index contributed by atoms with van der Waals surface area (Å²) in [5.74, 6) is -0.390. The molecule has 3 nitrogen and oxygen atoms in total. The van der Waals surface area contributed by atoms with E-state index >= 15 is 0 Å². The van der Waals surface area contributed by atoms with Crippen LogP contribution in [0.3, 0.4) is 0 Å². The second kappa shape index (κ2) is 6.97. The van der Waals surface area contributed by atoms with E-state index in [1.807, 2.05) is 0 Å². The molecule has 0 aliphatic rings. The smallest absolute Gasteiger partial charge is 0.416 e. The van der Waals surface area contributed by atoms with Gasteiger partial charge in [0.05, 0.1) is 18.6 Å². The molecule has 1 N–H and O–H groups in total. The molecule has 0 aromatic heterocycles. The molecule has 1 aromatic carbocycles. The molecule has 1 unspecified atom stereocenters. The van der Waals surface area contributed by atoms with Crippen LogP contribution < -0.4 is 5.32 Å². The van der Waals surface area contributed by atoms with Gasteiger partial charge in [0.1, 0.15) is 0 Å². The molecule has 1 aromatic rings. The Morgan fingerprint density at radius 3 is 2.60 bits per heavy atom. The van der Waals surface area contributed by atoms with Gasteiger partial charge in [-0.15, -0.1) is 0 Å². The van der Waals surface area contributed by atoms with Gasteiger partial charge in [0.25, 0.3) is 0 Å². The van der Waals surface area contributed by atoms with Crippen molar-refractivity contribution >= 4 is 27.6 Å². The molecule has 1 rings (SSSR count). The second-order valence-electron chi connectivity index (χ2n) is 4.28. The van der Waals surface area contributed by atoms with Gasteiger partial charge < -0.3 is 10.1 Å². The van der Waals surface area contributed by atoms with Crippen LogP contribution in [-0.4, -0.2) is 18.6 Å². The van der Waals surface area contributed by atoms with E-state index in [9.17, 15) is 18.0 Å². The third-order valence-corrected chi connectivity index (χ3v) is 2.87. The largest absolute Gasteiger partial charge is 0.466 e. The number of anilines is 1. The molecule has 112 valence electrons. The summed E-state index contributed by atoms with van der Waals surface area (Å²) in [5, 5.41) is 2.85. The fourth-order valence-corrected chi connectivity index (χ4v) is 2.14. The average molecular weight is 354 g/mol. The Morgan fingerprint density at radius 1 is 1.40 bits per heavy atom. The summed E-state index contributed by atoms with van der Waals surface area (Å²) in [4.78, 5) is 11.3. The number of benzene rings is 1.